The zero-order valence-corrected chi connectivity index (χ0v) is 14.2. The standard InChI is InChI=1S/C18H20N2O3S/c21-18(19-12-14-3-2-10-24-14)20-7-1-4-15(20)13-5-6-16-17(11-13)23-9-8-22-16/h2-3,5-6,10-11,15H,1,4,7-9,12H2,(H,19,21)/t15-/m1/s1. The quantitative estimate of drug-likeness (QED) is 0.926. The Hall–Kier alpha value is -2.21. The van der Waals surface area contributed by atoms with Gasteiger partial charge in [-0.1, -0.05) is 12.1 Å². The van der Waals surface area contributed by atoms with E-state index in [1.54, 1.807) is 11.3 Å². The predicted molar refractivity (Wildman–Crippen MR) is 92.7 cm³/mol. The Morgan fingerprint density at radius 1 is 1.25 bits per heavy atom. The van der Waals surface area contributed by atoms with Crippen LogP contribution in [0.25, 0.3) is 0 Å². The third-order valence-corrected chi connectivity index (χ3v) is 5.34. The molecule has 0 saturated carbocycles. The van der Waals surface area contributed by atoms with E-state index in [1.165, 1.54) is 4.88 Å². The van der Waals surface area contributed by atoms with Crippen LogP contribution < -0.4 is 14.8 Å². The molecule has 3 heterocycles. The fraction of sp³-hybridized carbons (Fsp3) is 0.389. The van der Waals surface area contributed by atoms with Crippen molar-refractivity contribution >= 4 is 17.4 Å². The molecule has 1 fully saturated rings. The molecule has 5 nitrogen and oxygen atoms in total. The van der Waals surface area contributed by atoms with Crippen molar-refractivity contribution < 1.29 is 14.3 Å². The van der Waals surface area contributed by atoms with E-state index < -0.39 is 0 Å². The molecule has 2 aromatic rings. The Bertz CT molecular complexity index is 717. The molecule has 126 valence electrons. The van der Waals surface area contributed by atoms with Crippen molar-refractivity contribution in [3.05, 3.63) is 46.2 Å². The fourth-order valence-corrected chi connectivity index (χ4v) is 3.95. The van der Waals surface area contributed by atoms with Gasteiger partial charge in [-0.2, -0.15) is 0 Å². The number of nitrogens with zero attached hydrogens (tertiary/aromatic N) is 1. The highest BCUT2D eigenvalue weighted by atomic mass is 32.1. The van der Waals surface area contributed by atoms with Gasteiger partial charge < -0.3 is 19.7 Å². The highest BCUT2D eigenvalue weighted by Crippen LogP contribution is 2.38. The minimum atomic E-state index is 0.000731. The van der Waals surface area contributed by atoms with E-state index in [2.05, 4.69) is 5.32 Å². The summed E-state index contributed by atoms with van der Waals surface area (Å²) in [6, 6.07) is 10.1. The summed E-state index contributed by atoms with van der Waals surface area (Å²) in [5, 5.41) is 5.05. The molecule has 1 aromatic heterocycles. The molecule has 6 heteroatoms. The molecule has 0 spiro atoms. The van der Waals surface area contributed by atoms with Gasteiger partial charge in [-0.3, -0.25) is 0 Å². The first-order valence-corrected chi connectivity index (χ1v) is 9.15. The lowest BCUT2D eigenvalue weighted by Gasteiger charge is -2.27. The van der Waals surface area contributed by atoms with Gasteiger partial charge in [0.05, 0.1) is 12.6 Å². The van der Waals surface area contributed by atoms with Crippen molar-refractivity contribution in [2.45, 2.75) is 25.4 Å². The Labute approximate surface area is 145 Å². The van der Waals surface area contributed by atoms with Crippen molar-refractivity contribution in [2.24, 2.45) is 0 Å². The fourth-order valence-electron chi connectivity index (χ4n) is 3.30. The summed E-state index contributed by atoms with van der Waals surface area (Å²) in [7, 11) is 0. The Morgan fingerprint density at radius 2 is 2.12 bits per heavy atom. The van der Waals surface area contributed by atoms with Crippen LogP contribution in [0.15, 0.2) is 35.7 Å². The minimum Gasteiger partial charge on any atom is -0.486 e. The average Bonchev–Trinajstić information content (AvgIpc) is 3.31. The summed E-state index contributed by atoms with van der Waals surface area (Å²) in [5.74, 6) is 1.57. The Balaban J connectivity index is 1.47. The van der Waals surface area contributed by atoms with Gasteiger partial charge in [0.25, 0.3) is 0 Å². The molecule has 0 unspecified atom stereocenters. The monoisotopic (exact) mass is 344 g/mol. The van der Waals surface area contributed by atoms with Crippen LogP contribution in [0.3, 0.4) is 0 Å². The number of likely N-dealkylation sites (tertiary alicyclic amines) is 1. The number of rotatable bonds is 3. The molecule has 4 rings (SSSR count). The number of hydrogen-bond acceptors (Lipinski definition) is 4. The smallest absolute Gasteiger partial charge is 0.318 e. The molecular weight excluding hydrogens is 324 g/mol. The second-order valence-electron chi connectivity index (χ2n) is 5.99. The largest absolute Gasteiger partial charge is 0.486 e. The number of fused-ring (bicyclic) bond motifs is 1. The second-order valence-corrected chi connectivity index (χ2v) is 7.02. The van der Waals surface area contributed by atoms with Crippen LogP contribution in [-0.2, 0) is 6.54 Å². The Kier molecular flexibility index (Phi) is 4.30. The lowest BCUT2D eigenvalue weighted by molar-refractivity contribution is 0.170. The number of urea groups is 1. The molecule has 2 amide bonds. The summed E-state index contributed by atoms with van der Waals surface area (Å²) in [6.45, 7) is 2.54. The van der Waals surface area contributed by atoms with Crippen LogP contribution in [0.1, 0.15) is 29.3 Å². The molecule has 2 aliphatic rings. The van der Waals surface area contributed by atoms with E-state index >= 15 is 0 Å². The summed E-state index contributed by atoms with van der Waals surface area (Å²) in [5.41, 5.74) is 1.11. The highest BCUT2D eigenvalue weighted by molar-refractivity contribution is 7.09. The predicted octanol–water partition coefficient (Wildman–Crippen LogP) is 3.57. The maximum absolute atomic E-state index is 12.6. The lowest BCUT2D eigenvalue weighted by Crippen LogP contribution is -2.39. The molecule has 1 aromatic carbocycles. The number of ether oxygens (including phenoxy) is 2. The van der Waals surface area contributed by atoms with Crippen LogP contribution in [0.5, 0.6) is 11.5 Å². The maximum atomic E-state index is 12.6. The number of hydrogen-bond donors (Lipinski definition) is 1. The van der Waals surface area contributed by atoms with E-state index in [9.17, 15) is 4.79 Å². The zero-order valence-electron chi connectivity index (χ0n) is 13.4. The van der Waals surface area contributed by atoms with Crippen LogP contribution in [0.2, 0.25) is 0 Å². The van der Waals surface area contributed by atoms with E-state index in [1.807, 2.05) is 40.6 Å². The van der Waals surface area contributed by atoms with Crippen molar-refractivity contribution in [1.29, 1.82) is 0 Å². The van der Waals surface area contributed by atoms with Crippen molar-refractivity contribution in [2.75, 3.05) is 19.8 Å². The second kappa shape index (κ2) is 6.73. The van der Waals surface area contributed by atoms with Crippen LogP contribution in [0.4, 0.5) is 4.79 Å². The lowest BCUT2D eigenvalue weighted by atomic mass is 10.0. The summed E-state index contributed by atoms with van der Waals surface area (Å²) in [6.07, 6.45) is 2.00. The number of benzene rings is 1. The van der Waals surface area contributed by atoms with Gasteiger partial charge in [-0.25, -0.2) is 4.79 Å². The number of thiophene rings is 1. The number of carbonyl (C=O) groups is 1. The highest BCUT2D eigenvalue weighted by Gasteiger charge is 2.30. The molecule has 1 saturated heterocycles. The molecule has 0 aliphatic carbocycles. The number of nitrogens with one attached hydrogen (secondary N) is 1. The van der Waals surface area contributed by atoms with Gasteiger partial charge in [0, 0.05) is 11.4 Å². The molecule has 1 N–H and O–H groups in total. The van der Waals surface area contributed by atoms with Crippen LogP contribution >= 0.6 is 11.3 Å². The summed E-state index contributed by atoms with van der Waals surface area (Å²) in [4.78, 5) is 15.7. The van der Waals surface area contributed by atoms with Gasteiger partial charge >= 0.3 is 6.03 Å². The van der Waals surface area contributed by atoms with Gasteiger partial charge in [0.2, 0.25) is 0 Å². The maximum Gasteiger partial charge on any atom is 0.318 e. The van der Waals surface area contributed by atoms with Crippen molar-refractivity contribution in [3.63, 3.8) is 0 Å². The SMILES string of the molecule is O=C(NCc1cccs1)N1CCC[C@@H]1c1ccc2c(c1)OCCO2. The summed E-state index contributed by atoms with van der Waals surface area (Å²) < 4.78 is 11.3. The van der Waals surface area contributed by atoms with Crippen LogP contribution in [-0.4, -0.2) is 30.7 Å². The number of carbonyl (C=O) groups excluding carboxylic acids is 1. The van der Waals surface area contributed by atoms with E-state index in [4.69, 9.17) is 9.47 Å². The zero-order chi connectivity index (χ0) is 16.4. The van der Waals surface area contributed by atoms with Gasteiger partial charge in [-0.05, 0) is 42.0 Å². The molecule has 0 radical (unpaired) electrons. The molecular formula is C18H20N2O3S. The normalized spacial score (nSPS) is 19.3. The average molecular weight is 344 g/mol. The molecule has 2 aliphatic heterocycles. The Morgan fingerprint density at radius 3 is 2.96 bits per heavy atom. The first-order chi connectivity index (χ1) is 11.8. The topological polar surface area (TPSA) is 50.8 Å². The van der Waals surface area contributed by atoms with Crippen LogP contribution in [0, 0.1) is 0 Å². The first kappa shape index (κ1) is 15.3. The van der Waals surface area contributed by atoms with Gasteiger partial charge in [0.1, 0.15) is 13.2 Å². The van der Waals surface area contributed by atoms with E-state index in [0.717, 1.165) is 36.4 Å². The summed E-state index contributed by atoms with van der Waals surface area (Å²) >= 11 is 1.66. The van der Waals surface area contributed by atoms with E-state index in [0.29, 0.717) is 19.8 Å². The first-order valence-electron chi connectivity index (χ1n) is 8.27. The molecule has 1 atom stereocenters. The third-order valence-electron chi connectivity index (χ3n) is 4.46. The molecule has 24 heavy (non-hydrogen) atoms. The minimum absolute atomic E-state index is 0.000731. The third kappa shape index (κ3) is 3.06. The van der Waals surface area contributed by atoms with Crippen molar-refractivity contribution in [3.8, 4) is 11.5 Å². The van der Waals surface area contributed by atoms with Gasteiger partial charge in [0.15, 0.2) is 11.5 Å². The number of amides is 2. The van der Waals surface area contributed by atoms with E-state index in [-0.39, 0.29) is 12.1 Å². The molecule has 0 bridgehead atoms. The van der Waals surface area contributed by atoms with Crippen molar-refractivity contribution in [1.82, 2.24) is 10.2 Å². The van der Waals surface area contributed by atoms with Gasteiger partial charge in [-0.15, -0.1) is 11.3 Å².